The minimum Gasteiger partial charge on any atom is -0.343 e. The van der Waals surface area contributed by atoms with Crippen LogP contribution in [-0.4, -0.2) is 36.3 Å². The number of nitriles is 1. The molecule has 1 aromatic rings. The summed E-state index contributed by atoms with van der Waals surface area (Å²) < 4.78 is 0. The zero-order valence-corrected chi connectivity index (χ0v) is 12.4. The van der Waals surface area contributed by atoms with Crippen molar-refractivity contribution in [2.75, 3.05) is 24.5 Å². The van der Waals surface area contributed by atoms with E-state index in [1.807, 2.05) is 13.8 Å². The van der Waals surface area contributed by atoms with Crippen LogP contribution in [0.3, 0.4) is 0 Å². The highest BCUT2D eigenvalue weighted by Gasteiger charge is 2.37. The van der Waals surface area contributed by atoms with Gasteiger partial charge in [0.15, 0.2) is 0 Å². The van der Waals surface area contributed by atoms with Crippen molar-refractivity contribution >= 4 is 17.5 Å². The lowest BCUT2D eigenvalue weighted by Crippen LogP contribution is -2.37. The number of rotatable bonds is 4. The van der Waals surface area contributed by atoms with Crippen LogP contribution in [0.15, 0.2) is 24.3 Å². The first kappa shape index (κ1) is 15.0. The van der Waals surface area contributed by atoms with Crippen LogP contribution in [0.2, 0.25) is 0 Å². The van der Waals surface area contributed by atoms with Gasteiger partial charge >= 0.3 is 0 Å². The molecule has 1 aromatic carbocycles. The summed E-state index contributed by atoms with van der Waals surface area (Å²) in [6.45, 7) is 5.51. The Morgan fingerprint density at radius 3 is 2.67 bits per heavy atom. The molecular weight excluding hydrogens is 266 g/mol. The molecule has 5 nitrogen and oxygen atoms in total. The molecule has 0 saturated carbocycles. The molecule has 1 atom stereocenters. The molecule has 1 saturated heterocycles. The third kappa shape index (κ3) is 2.89. The fraction of sp³-hybridized carbons (Fsp3) is 0.438. The summed E-state index contributed by atoms with van der Waals surface area (Å²) in [6.07, 6.45) is 0.217. The minimum absolute atomic E-state index is 0.0188. The Morgan fingerprint density at radius 1 is 1.38 bits per heavy atom. The molecule has 2 amide bonds. The van der Waals surface area contributed by atoms with E-state index in [4.69, 9.17) is 5.26 Å². The first-order valence-electron chi connectivity index (χ1n) is 7.20. The summed E-state index contributed by atoms with van der Waals surface area (Å²) in [5, 5.41) is 9.14. The first-order valence-corrected chi connectivity index (χ1v) is 7.20. The van der Waals surface area contributed by atoms with Gasteiger partial charge in [-0.3, -0.25) is 9.59 Å². The lowest BCUT2D eigenvalue weighted by molar-refractivity contribution is -0.135. The fourth-order valence-corrected chi connectivity index (χ4v) is 2.70. The van der Waals surface area contributed by atoms with Gasteiger partial charge in [-0.15, -0.1) is 0 Å². The molecule has 1 fully saturated rings. The normalized spacial score (nSPS) is 17.7. The summed E-state index contributed by atoms with van der Waals surface area (Å²) in [5.41, 5.74) is 1.06. The third-order valence-corrected chi connectivity index (χ3v) is 3.86. The Morgan fingerprint density at radius 2 is 2.05 bits per heavy atom. The van der Waals surface area contributed by atoms with Gasteiger partial charge in [0, 0.05) is 26.1 Å². The Bertz CT molecular complexity index is 587. The van der Waals surface area contributed by atoms with E-state index in [2.05, 4.69) is 6.07 Å². The smallest absolute Gasteiger partial charge is 0.227 e. The van der Waals surface area contributed by atoms with Crippen LogP contribution in [0.25, 0.3) is 0 Å². The molecule has 1 aliphatic heterocycles. The highest BCUT2D eigenvalue weighted by atomic mass is 16.2. The van der Waals surface area contributed by atoms with Crippen molar-refractivity contribution in [2.24, 2.45) is 5.92 Å². The monoisotopic (exact) mass is 285 g/mol. The van der Waals surface area contributed by atoms with Crippen molar-refractivity contribution in [3.63, 3.8) is 0 Å². The second-order valence-corrected chi connectivity index (χ2v) is 5.04. The van der Waals surface area contributed by atoms with E-state index in [0.29, 0.717) is 30.9 Å². The van der Waals surface area contributed by atoms with Crippen LogP contribution in [0.5, 0.6) is 0 Å². The number of anilines is 1. The maximum atomic E-state index is 12.4. The molecule has 2 rings (SSSR count). The number of benzene rings is 1. The van der Waals surface area contributed by atoms with E-state index in [1.165, 1.54) is 0 Å². The van der Waals surface area contributed by atoms with Crippen LogP contribution in [-0.2, 0) is 9.59 Å². The molecule has 0 aliphatic carbocycles. The van der Waals surface area contributed by atoms with Crippen molar-refractivity contribution in [1.82, 2.24) is 4.90 Å². The SMILES string of the molecule is CCN(CC)C(=O)C1CC(=O)N(c2ccccc2C#N)C1. The lowest BCUT2D eigenvalue weighted by Gasteiger charge is -2.23. The van der Waals surface area contributed by atoms with Crippen LogP contribution in [0.4, 0.5) is 5.69 Å². The third-order valence-electron chi connectivity index (χ3n) is 3.86. The maximum Gasteiger partial charge on any atom is 0.227 e. The van der Waals surface area contributed by atoms with Crippen molar-refractivity contribution in [2.45, 2.75) is 20.3 Å². The summed E-state index contributed by atoms with van der Waals surface area (Å²) in [7, 11) is 0. The standard InChI is InChI=1S/C16H19N3O2/c1-3-18(4-2)16(21)13-9-15(20)19(11-13)14-8-6-5-7-12(14)10-17/h5-8,13H,3-4,9,11H2,1-2H3. The summed E-state index contributed by atoms with van der Waals surface area (Å²) in [6, 6.07) is 9.09. The van der Waals surface area contributed by atoms with E-state index in [-0.39, 0.29) is 24.2 Å². The van der Waals surface area contributed by atoms with Crippen molar-refractivity contribution in [1.29, 1.82) is 5.26 Å². The summed E-state index contributed by atoms with van der Waals surface area (Å²) in [4.78, 5) is 27.9. The molecule has 110 valence electrons. The molecule has 1 heterocycles. The van der Waals surface area contributed by atoms with Crippen LogP contribution in [0.1, 0.15) is 25.8 Å². The molecule has 0 radical (unpaired) electrons. The molecule has 0 N–H and O–H groups in total. The molecule has 1 aliphatic rings. The van der Waals surface area contributed by atoms with Gasteiger partial charge in [-0.1, -0.05) is 12.1 Å². The largest absolute Gasteiger partial charge is 0.343 e. The fourth-order valence-electron chi connectivity index (χ4n) is 2.70. The van der Waals surface area contributed by atoms with Crippen LogP contribution < -0.4 is 4.90 Å². The molecule has 5 heteroatoms. The highest BCUT2D eigenvalue weighted by Crippen LogP contribution is 2.28. The zero-order chi connectivity index (χ0) is 15.4. The Kier molecular flexibility index (Phi) is 4.59. The second kappa shape index (κ2) is 6.40. The number of hydrogen-bond donors (Lipinski definition) is 0. The van der Waals surface area contributed by atoms with Gasteiger partial charge in [-0.25, -0.2) is 0 Å². The van der Waals surface area contributed by atoms with Gasteiger partial charge < -0.3 is 9.80 Å². The van der Waals surface area contributed by atoms with Gasteiger partial charge in [0.2, 0.25) is 11.8 Å². The molecule has 1 unspecified atom stereocenters. The van der Waals surface area contributed by atoms with Crippen LogP contribution >= 0.6 is 0 Å². The van der Waals surface area contributed by atoms with Gasteiger partial charge in [0.25, 0.3) is 0 Å². The molecule has 21 heavy (non-hydrogen) atoms. The van der Waals surface area contributed by atoms with Gasteiger partial charge in [-0.05, 0) is 26.0 Å². The number of carbonyl (C=O) groups excluding carboxylic acids is 2. The number of carbonyl (C=O) groups is 2. The summed E-state index contributed by atoms with van der Waals surface area (Å²) in [5.74, 6) is -0.391. The van der Waals surface area contributed by atoms with Crippen molar-refractivity contribution < 1.29 is 9.59 Å². The van der Waals surface area contributed by atoms with E-state index < -0.39 is 0 Å². The number of amides is 2. The zero-order valence-electron chi connectivity index (χ0n) is 12.4. The maximum absolute atomic E-state index is 12.4. The van der Waals surface area contributed by atoms with E-state index in [9.17, 15) is 9.59 Å². The highest BCUT2D eigenvalue weighted by molar-refractivity contribution is 6.01. The number of nitrogens with zero attached hydrogens (tertiary/aromatic N) is 3. The van der Waals surface area contributed by atoms with E-state index in [1.54, 1.807) is 34.1 Å². The van der Waals surface area contributed by atoms with Gasteiger partial charge in [0.1, 0.15) is 6.07 Å². The molecule has 0 bridgehead atoms. The van der Waals surface area contributed by atoms with E-state index in [0.717, 1.165) is 0 Å². The lowest BCUT2D eigenvalue weighted by atomic mass is 10.1. The first-order chi connectivity index (χ1) is 10.1. The average Bonchev–Trinajstić information content (AvgIpc) is 2.90. The predicted molar refractivity (Wildman–Crippen MR) is 79.5 cm³/mol. The van der Waals surface area contributed by atoms with E-state index >= 15 is 0 Å². The summed E-state index contributed by atoms with van der Waals surface area (Å²) >= 11 is 0. The molecular formula is C16H19N3O2. The number of para-hydroxylation sites is 1. The average molecular weight is 285 g/mol. The quantitative estimate of drug-likeness (QED) is 0.847. The Hall–Kier alpha value is -2.35. The number of hydrogen-bond acceptors (Lipinski definition) is 3. The van der Waals surface area contributed by atoms with Crippen molar-refractivity contribution in [3.05, 3.63) is 29.8 Å². The Labute approximate surface area is 124 Å². The minimum atomic E-state index is -0.316. The predicted octanol–water partition coefficient (Wildman–Crippen LogP) is 1.78. The Balaban J connectivity index is 2.21. The second-order valence-electron chi connectivity index (χ2n) is 5.04. The van der Waals surface area contributed by atoms with Crippen molar-refractivity contribution in [3.8, 4) is 6.07 Å². The molecule has 0 aromatic heterocycles. The van der Waals surface area contributed by atoms with Crippen LogP contribution in [0, 0.1) is 17.2 Å². The molecule has 0 spiro atoms. The van der Waals surface area contributed by atoms with Gasteiger partial charge in [-0.2, -0.15) is 5.26 Å². The van der Waals surface area contributed by atoms with Gasteiger partial charge in [0.05, 0.1) is 17.2 Å². The topological polar surface area (TPSA) is 64.4 Å².